The molecule has 0 aliphatic rings. The molecular formula is C21H18F3NO5. The van der Waals surface area contributed by atoms with Crippen LogP contribution in [0.3, 0.4) is 0 Å². The van der Waals surface area contributed by atoms with Crippen molar-refractivity contribution in [3.8, 4) is 22.8 Å². The lowest BCUT2D eigenvalue weighted by Crippen LogP contribution is -2.07. The molecule has 0 saturated carbocycles. The van der Waals surface area contributed by atoms with E-state index in [2.05, 4.69) is 9.72 Å². The summed E-state index contributed by atoms with van der Waals surface area (Å²) in [5, 5.41) is 0. The van der Waals surface area contributed by atoms with Gasteiger partial charge in [0.15, 0.2) is 23.1 Å². The highest BCUT2D eigenvalue weighted by molar-refractivity contribution is 5.69. The molecule has 158 valence electrons. The van der Waals surface area contributed by atoms with E-state index in [4.69, 9.17) is 13.9 Å². The minimum atomic E-state index is -2.97. The summed E-state index contributed by atoms with van der Waals surface area (Å²) in [5.41, 5.74) is 1.22. The molecule has 30 heavy (non-hydrogen) atoms. The monoisotopic (exact) mass is 421 g/mol. The number of benzene rings is 2. The van der Waals surface area contributed by atoms with E-state index in [0.29, 0.717) is 22.8 Å². The molecule has 3 aromatic rings. The van der Waals surface area contributed by atoms with Crippen molar-refractivity contribution < 1.29 is 36.6 Å². The Morgan fingerprint density at radius 3 is 2.60 bits per heavy atom. The summed E-state index contributed by atoms with van der Waals surface area (Å²) in [4.78, 5) is 16.1. The van der Waals surface area contributed by atoms with Crippen molar-refractivity contribution in [1.29, 1.82) is 0 Å². The van der Waals surface area contributed by atoms with E-state index >= 15 is 0 Å². The summed E-state index contributed by atoms with van der Waals surface area (Å²) in [6, 6.07) is 10.0. The summed E-state index contributed by atoms with van der Waals surface area (Å²) < 4.78 is 57.8. The maximum atomic E-state index is 13.0. The van der Waals surface area contributed by atoms with Gasteiger partial charge in [-0.15, -0.1) is 0 Å². The number of esters is 1. The average molecular weight is 421 g/mol. The number of carbonyl (C=O) groups excluding carboxylic acids is 1. The standard InChI is InChI=1S/C21H18F3NO5/c1-27-17-10-13(2-7-16(17)30-21(23)24)12-28-20(26)9-8-19-25-11-18(29-19)14-3-5-15(22)6-4-14/h2-7,10-11,21H,8-9,12H2,1H3. The van der Waals surface area contributed by atoms with E-state index in [1.165, 1.54) is 43.6 Å². The Bertz CT molecular complexity index is 989. The van der Waals surface area contributed by atoms with Crippen LogP contribution in [0.1, 0.15) is 17.9 Å². The number of carbonyl (C=O) groups is 1. The van der Waals surface area contributed by atoms with E-state index in [1.54, 1.807) is 12.1 Å². The van der Waals surface area contributed by atoms with Gasteiger partial charge < -0.3 is 18.6 Å². The zero-order chi connectivity index (χ0) is 21.5. The Kier molecular flexibility index (Phi) is 6.95. The summed E-state index contributed by atoms with van der Waals surface area (Å²) in [6.07, 6.45) is 1.76. The molecule has 0 radical (unpaired) electrons. The molecule has 0 atom stereocenters. The number of rotatable bonds is 9. The largest absolute Gasteiger partial charge is 0.493 e. The second kappa shape index (κ2) is 9.82. The molecule has 3 rings (SSSR count). The summed E-state index contributed by atoms with van der Waals surface area (Å²) >= 11 is 0. The molecular weight excluding hydrogens is 403 g/mol. The average Bonchev–Trinajstić information content (AvgIpc) is 3.20. The normalized spacial score (nSPS) is 10.8. The first-order valence-electron chi connectivity index (χ1n) is 8.92. The number of aryl methyl sites for hydroxylation is 1. The molecule has 2 aromatic carbocycles. The fourth-order valence-corrected chi connectivity index (χ4v) is 2.61. The van der Waals surface area contributed by atoms with E-state index in [-0.39, 0.29) is 36.8 Å². The van der Waals surface area contributed by atoms with Crippen LogP contribution in [-0.2, 0) is 22.6 Å². The van der Waals surface area contributed by atoms with Crippen molar-refractivity contribution in [3.05, 3.63) is 65.9 Å². The van der Waals surface area contributed by atoms with Gasteiger partial charge in [0.1, 0.15) is 12.4 Å². The number of aromatic nitrogens is 1. The number of methoxy groups -OCH3 is 1. The molecule has 0 unspecified atom stereocenters. The molecule has 0 bridgehead atoms. The van der Waals surface area contributed by atoms with Crippen molar-refractivity contribution in [1.82, 2.24) is 4.98 Å². The molecule has 0 spiro atoms. The number of nitrogens with zero attached hydrogens (tertiary/aromatic N) is 1. The third-order valence-corrected chi connectivity index (χ3v) is 4.07. The van der Waals surface area contributed by atoms with Gasteiger partial charge in [-0.25, -0.2) is 9.37 Å². The van der Waals surface area contributed by atoms with Crippen molar-refractivity contribution in [3.63, 3.8) is 0 Å². The number of halogens is 3. The third-order valence-electron chi connectivity index (χ3n) is 4.07. The van der Waals surface area contributed by atoms with E-state index in [1.807, 2.05) is 0 Å². The highest BCUT2D eigenvalue weighted by atomic mass is 19.3. The van der Waals surface area contributed by atoms with E-state index in [9.17, 15) is 18.0 Å². The molecule has 0 amide bonds. The van der Waals surface area contributed by atoms with Gasteiger partial charge in [-0.05, 0) is 42.0 Å². The molecule has 0 aliphatic carbocycles. The van der Waals surface area contributed by atoms with Crippen LogP contribution in [0, 0.1) is 5.82 Å². The van der Waals surface area contributed by atoms with Crippen molar-refractivity contribution in [2.45, 2.75) is 26.1 Å². The second-order valence-electron chi connectivity index (χ2n) is 6.15. The Balaban J connectivity index is 1.50. The molecule has 6 nitrogen and oxygen atoms in total. The minimum absolute atomic E-state index is 0.0348. The van der Waals surface area contributed by atoms with Gasteiger partial charge in [-0.1, -0.05) is 6.07 Å². The summed E-state index contributed by atoms with van der Waals surface area (Å²) in [6.45, 7) is -3.03. The van der Waals surface area contributed by atoms with Crippen LogP contribution in [-0.4, -0.2) is 24.7 Å². The topological polar surface area (TPSA) is 70.8 Å². The number of ether oxygens (including phenoxy) is 3. The number of oxazole rings is 1. The van der Waals surface area contributed by atoms with Gasteiger partial charge in [-0.3, -0.25) is 4.79 Å². The molecule has 0 saturated heterocycles. The van der Waals surface area contributed by atoms with Crippen LogP contribution in [0.4, 0.5) is 13.2 Å². The van der Waals surface area contributed by atoms with Gasteiger partial charge in [0.2, 0.25) is 0 Å². The maximum Gasteiger partial charge on any atom is 0.387 e. The predicted molar refractivity (Wildman–Crippen MR) is 99.6 cm³/mol. The first-order valence-corrected chi connectivity index (χ1v) is 8.92. The Hall–Kier alpha value is -3.49. The Morgan fingerprint density at radius 1 is 1.13 bits per heavy atom. The smallest absolute Gasteiger partial charge is 0.387 e. The molecule has 1 heterocycles. The third kappa shape index (κ3) is 5.76. The van der Waals surface area contributed by atoms with Crippen molar-refractivity contribution in [2.75, 3.05) is 7.11 Å². The van der Waals surface area contributed by atoms with Crippen LogP contribution >= 0.6 is 0 Å². The lowest BCUT2D eigenvalue weighted by atomic mass is 10.2. The van der Waals surface area contributed by atoms with Gasteiger partial charge in [-0.2, -0.15) is 8.78 Å². The van der Waals surface area contributed by atoms with Crippen LogP contribution in [0.2, 0.25) is 0 Å². The summed E-state index contributed by atoms with van der Waals surface area (Å²) in [5.74, 6) is -0.0168. The number of hydrogen-bond donors (Lipinski definition) is 0. The first-order chi connectivity index (χ1) is 14.4. The van der Waals surface area contributed by atoms with Crippen LogP contribution in [0.25, 0.3) is 11.3 Å². The maximum absolute atomic E-state index is 13.0. The van der Waals surface area contributed by atoms with Gasteiger partial charge >= 0.3 is 12.6 Å². The fourth-order valence-electron chi connectivity index (χ4n) is 2.61. The molecule has 0 N–H and O–H groups in total. The van der Waals surface area contributed by atoms with E-state index in [0.717, 1.165) is 0 Å². The Morgan fingerprint density at radius 2 is 1.90 bits per heavy atom. The quantitative estimate of drug-likeness (QED) is 0.464. The SMILES string of the molecule is COc1cc(COC(=O)CCc2ncc(-c3ccc(F)cc3)o2)ccc1OC(F)F. The number of alkyl halides is 2. The fraction of sp³-hybridized carbons (Fsp3) is 0.238. The summed E-state index contributed by atoms with van der Waals surface area (Å²) in [7, 11) is 1.32. The molecule has 0 aliphatic heterocycles. The molecule has 0 fully saturated rings. The zero-order valence-electron chi connectivity index (χ0n) is 15.9. The molecule has 9 heteroatoms. The van der Waals surface area contributed by atoms with Gasteiger partial charge in [0.05, 0.1) is 19.7 Å². The second-order valence-corrected chi connectivity index (χ2v) is 6.15. The molecule has 1 aromatic heterocycles. The number of hydrogen-bond acceptors (Lipinski definition) is 6. The van der Waals surface area contributed by atoms with Crippen molar-refractivity contribution >= 4 is 5.97 Å². The van der Waals surface area contributed by atoms with E-state index < -0.39 is 12.6 Å². The lowest BCUT2D eigenvalue weighted by molar-refractivity contribution is -0.145. The first kappa shape index (κ1) is 21.2. The van der Waals surface area contributed by atoms with Crippen molar-refractivity contribution in [2.24, 2.45) is 0 Å². The predicted octanol–water partition coefficient (Wildman–Crippen LogP) is 4.77. The van der Waals surface area contributed by atoms with Gasteiger partial charge in [0, 0.05) is 12.0 Å². The minimum Gasteiger partial charge on any atom is -0.493 e. The van der Waals surface area contributed by atoms with Crippen LogP contribution < -0.4 is 9.47 Å². The highest BCUT2D eigenvalue weighted by Crippen LogP contribution is 2.29. The van der Waals surface area contributed by atoms with Crippen LogP contribution in [0.5, 0.6) is 11.5 Å². The highest BCUT2D eigenvalue weighted by Gasteiger charge is 2.13. The lowest BCUT2D eigenvalue weighted by Gasteiger charge is -2.11. The van der Waals surface area contributed by atoms with Crippen LogP contribution in [0.15, 0.2) is 53.1 Å². The zero-order valence-corrected chi connectivity index (χ0v) is 15.9. The van der Waals surface area contributed by atoms with Gasteiger partial charge in [0.25, 0.3) is 0 Å². The Labute approximate surface area is 170 Å².